The molecule has 2 N–H and O–H groups in total. The summed E-state index contributed by atoms with van der Waals surface area (Å²) in [6.07, 6.45) is 0. The van der Waals surface area contributed by atoms with E-state index in [2.05, 4.69) is 29.9 Å². The fourth-order valence-electron chi connectivity index (χ4n) is 2.47. The minimum absolute atomic E-state index is 0.0429. The standard InChI is InChI=1S/C16H20F2N2O3Si/c1-23-16(22)13(8-24(2,3)4)20-15(21)12-6-9-5-10(17)7-11(18)14(9)19-12/h5-7,13,19H,8H2,1-4H3,(H,20,21)/t13-/m0/s1. The topological polar surface area (TPSA) is 71.2 Å². The van der Waals surface area contributed by atoms with Gasteiger partial charge in [0.25, 0.3) is 5.91 Å². The zero-order valence-corrected chi connectivity index (χ0v) is 15.0. The van der Waals surface area contributed by atoms with Crippen LogP contribution in [0.25, 0.3) is 10.9 Å². The third-order valence-corrected chi connectivity index (χ3v) is 5.13. The Hall–Kier alpha value is -2.22. The third-order valence-electron chi connectivity index (χ3n) is 3.50. The number of hydrogen-bond acceptors (Lipinski definition) is 3. The minimum atomic E-state index is -1.65. The highest BCUT2D eigenvalue weighted by atomic mass is 28.3. The summed E-state index contributed by atoms with van der Waals surface area (Å²) in [5.74, 6) is -2.61. The first-order valence-corrected chi connectivity index (χ1v) is 11.2. The van der Waals surface area contributed by atoms with Crippen molar-refractivity contribution in [2.24, 2.45) is 0 Å². The zero-order valence-electron chi connectivity index (χ0n) is 14.0. The summed E-state index contributed by atoms with van der Waals surface area (Å²) in [6, 6.07) is 2.95. The number of ether oxygens (including phenoxy) is 1. The zero-order chi connectivity index (χ0) is 18.1. The average Bonchev–Trinajstić information content (AvgIpc) is 2.88. The number of halogens is 2. The number of rotatable bonds is 5. The van der Waals surface area contributed by atoms with E-state index < -0.39 is 37.6 Å². The van der Waals surface area contributed by atoms with Gasteiger partial charge in [-0.15, -0.1) is 0 Å². The van der Waals surface area contributed by atoms with Crippen LogP contribution in [0.15, 0.2) is 18.2 Å². The van der Waals surface area contributed by atoms with E-state index in [0.717, 1.165) is 12.1 Å². The molecule has 1 amide bonds. The van der Waals surface area contributed by atoms with Crippen LogP contribution >= 0.6 is 0 Å². The second-order valence-electron chi connectivity index (χ2n) is 6.85. The molecule has 0 unspecified atom stereocenters. The van der Waals surface area contributed by atoms with Gasteiger partial charge >= 0.3 is 5.97 Å². The fourth-order valence-corrected chi connectivity index (χ4v) is 3.97. The number of aromatic nitrogens is 1. The van der Waals surface area contributed by atoms with Crippen LogP contribution in [0.2, 0.25) is 25.7 Å². The third kappa shape index (κ3) is 4.19. The van der Waals surface area contributed by atoms with Crippen molar-refractivity contribution in [1.82, 2.24) is 10.3 Å². The van der Waals surface area contributed by atoms with Gasteiger partial charge in [-0.1, -0.05) is 19.6 Å². The lowest BCUT2D eigenvalue weighted by Gasteiger charge is -2.23. The Balaban J connectivity index is 2.26. The summed E-state index contributed by atoms with van der Waals surface area (Å²) in [5, 5.41) is 2.86. The first-order valence-electron chi connectivity index (χ1n) is 7.47. The molecule has 2 aromatic rings. The Labute approximate surface area is 139 Å². The Kier molecular flexibility index (Phi) is 5.07. The second kappa shape index (κ2) is 6.72. The fraction of sp³-hybridized carbons (Fsp3) is 0.375. The molecule has 0 aliphatic heterocycles. The number of benzene rings is 1. The Morgan fingerprint density at radius 2 is 1.92 bits per heavy atom. The molecule has 0 bridgehead atoms. The number of aromatic amines is 1. The molecule has 0 aliphatic carbocycles. The lowest BCUT2D eigenvalue weighted by atomic mass is 10.2. The number of carbonyl (C=O) groups is 2. The van der Waals surface area contributed by atoms with Crippen LogP contribution < -0.4 is 5.32 Å². The van der Waals surface area contributed by atoms with E-state index in [0.29, 0.717) is 6.04 Å². The summed E-state index contributed by atoms with van der Waals surface area (Å²) in [6.45, 7) is 6.20. The number of H-pyrrole nitrogens is 1. The molecule has 0 aliphatic rings. The molecule has 0 saturated carbocycles. The molecule has 5 nitrogen and oxygen atoms in total. The van der Waals surface area contributed by atoms with Gasteiger partial charge in [-0.05, 0) is 18.2 Å². The maximum Gasteiger partial charge on any atom is 0.328 e. The summed E-state index contributed by atoms with van der Waals surface area (Å²) in [5.41, 5.74) is 0.0975. The van der Waals surface area contributed by atoms with Gasteiger partial charge in [0, 0.05) is 19.5 Å². The van der Waals surface area contributed by atoms with Crippen molar-refractivity contribution in [2.45, 2.75) is 31.7 Å². The van der Waals surface area contributed by atoms with Crippen molar-refractivity contribution >= 4 is 30.9 Å². The van der Waals surface area contributed by atoms with Crippen molar-refractivity contribution in [1.29, 1.82) is 0 Å². The first-order chi connectivity index (χ1) is 11.1. The van der Waals surface area contributed by atoms with Crippen molar-refractivity contribution < 1.29 is 23.1 Å². The van der Waals surface area contributed by atoms with E-state index in [1.807, 2.05) is 0 Å². The smallest absolute Gasteiger partial charge is 0.328 e. The number of amides is 1. The van der Waals surface area contributed by atoms with E-state index in [9.17, 15) is 18.4 Å². The van der Waals surface area contributed by atoms with Gasteiger partial charge in [0.15, 0.2) is 0 Å². The van der Waals surface area contributed by atoms with Gasteiger partial charge in [-0.25, -0.2) is 13.6 Å². The van der Waals surface area contributed by atoms with E-state index >= 15 is 0 Å². The largest absolute Gasteiger partial charge is 0.467 e. The quantitative estimate of drug-likeness (QED) is 0.640. The van der Waals surface area contributed by atoms with Crippen LogP contribution in [0.5, 0.6) is 0 Å². The molecule has 130 valence electrons. The molecule has 1 aromatic heterocycles. The highest BCUT2D eigenvalue weighted by Crippen LogP contribution is 2.21. The number of hydrogen-bond donors (Lipinski definition) is 2. The molecule has 0 spiro atoms. The average molecular weight is 354 g/mol. The van der Waals surface area contributed by atoms with Crippen molar-refractivity contribution in [3.8, 4) is 0 Å². The van der Waals surface area contributed by atoms with Gasteiger partial charge in [0.2, 0.25) is 0 Å². The van der Waals surface area contributed by atoms with Crippen LogP contribution in [0.1, 0.15) is 10.5 Å². The maximum atomic E-state index is 13.7. The molecule has 1 heterocycles. The molecule has 0 saturated heterocycles. The summed E-state index contributed by atoms with van der Waals surface area (Å²) >= 11 is 0. The summed E-state index contributed by atoms with van der Waals surface area (Å²) in [7, 11) is -0.394. The molecule has 1 aromatic carbocycles. The number of nitrogens with one attached hydrogen (secondary N) is 2. The van der Waals surface area contributed by atoms with Crippen molar-refractivity contribution in [3.05, 3.63) is 35.5 Å². The van der Waals surface area contributed by atoms with Crippen LogP contribution in [0, 0.1) is 11.6 Å². The lowest BCUT2D eigenvalue weighted by Crippen LogP contribution is -2.45. The van der Waals surface area contributed by atoms with E-state index in [1.165, 1.54) is 13.2 Å². The van der Waals surface area contributed by atoms with Crippen LogP contribution in [0.3, 0.4) is 0 Å². The van der Waals surface area contributed by atoms with Gasteiger partial charge in [-0.2, -0.15) is 0 Å². The van der Waals surface area contributed by atoms with Crippen molar-refractivity contribution in [2.75, 3.05) is 7.11 Å². The van der Waals surface area contributed by atoms with Gasteiger partial charge in [0.05, 0.1) is 12.6 Å². The SMILES string of the molecule is COC(=O)[C@H](C[Si](C)(C)C)NC(=O)c1cc2cc(F)cc(F)c2[nH]1. The van der Waals surface area contributed by atoms with Gasteiger partial charge in [0.1, 0.15) is 23.4 Å². The molecule has 1 atom stereocenters. The maximum absolute atomic E-state index is 13.7. The van der Waals surface area contributed by atoms with E-state index in [4.69, 9.17) is 4.74 Å². The highest BCUT2D eigenvalue weighted by Gasteiger charge is 2.29. The van der Waals surface area contributed by atoms with Gasteiger partial charge in [-0.3, -0.25) is 4.79 Å². The van der Waals surface area contributed by atoms with E-state index in [-0.39, 0.29) is 16.6 Å². The van der Waals surface area contributed by atoms with E-state index in [1.54, 1.807) is 0 Å². The highest BCUT2D eigenvalue weighted by molar-refractivity contribution is 6.76. The van der Waals surface area contributed by atoms with Crippen LogP contribution in [-0.4, -0.2) is 38.1 Å². The molecule has 0 radical (unpaired) electrons. The normalized spacial score (nSPS) is 12.9. The Morgan fingerprint density at radius 1 is 1.25 bits per heavy atom. The molecule has 2 rings (SSSR count). The summed E-state index contributed by atoms with van der Waals surface area (Å²) in [4.78, 5) is 26.9. The van der Waals surface area contributed by atoms with Crippen LogP contribution in [-0.2, 0) is 9.53 Å². The predicted octanol–water partition coefficient (Wildman–Crippen LogP) is 3.06. The van der Waals surface area contributed by atoms with Crippen molar-refractivity contribution in [3.63, 3.8) is 0 Å². The number of esters is 1. The number of fused-ring (bicyclic) bond motifs is 1. The van der Waals surface area contributed by atoms with Gasteiger partial charge < -0.3 is 15.0 Å². The van der Waals surface area contributed by atoms with Crippen LogP contribution in [0.4, 0.5) is 8.78 Å². The Bertz CT molecular complexity index is 783. The first kappa shape index (κ1) is 18.1. The molecule has 8 heteroatoms. The number of methoxy groups -OCH3 is 1. The molecular weight excluding hydrogens is 334 g/mol. The molecular formula is C16H20F2N2O3Si. The summed E-state index contributed by atoms with van der Waals surface area (Å²) < 4.78 is 31.7. The molecule has 0 fully saturated rings. The second-order valence-corrected chi connectivity index (χ2v) is 12.4. The minimum Gasteiger partial charge on any atom is -0.467 e. The number of carbonyl (C=O) groups excluding carboxylic acids is 2. The lowest BCUT2D eigenvalue weighted by molar-refractivity contribution is -0.142. The monoisotopic (exact) mass is 354 g/mol. The molecule has 24 heavy (non-hydrogen) atoms. The Morgan fingerprint density at radius 3 is 2.50 bits per heavy atom. The predicted molar refractivity (Wildman–Crippen MR) is 89.6 cm³/mol.